The fraction of sp³-hybridized carbons (Fsp3) is 0.238. The van der Waals surface area contributed by atoms with Crippen molar-refractivity contribution in [2.24, 2.45) is 0 Å². The molecule has 1 aliphatic rings. The lowest BCUT2D eigenvalue weighted by molar-refractivity contribution is -0.118. The SMILES string of the molecule is C#Cc1ccc(C(=O)Nc2ccccc2NC(=O)CN2CCOCC2)cc1. The second kappa shape index (κ2) is 8.99. The molecule has 0 atom stereocenters. The first-order valence-corrected chi connectivity index (χ1v) is 8.73. The second-order valence-corrected chi connectivity index (χ2v) is 6.16. The van der Waals surface area contributed by atoms with Crippen LogP contribution in [0.4, 0.5) is 11.4 Å². The van der Waals surface area contributed by atoms with Gasteiger partial charge in [-0.05, 0) is 36.4 Å². The van der Waals surface area contributed by atoms with Crippen LogP contribution in [0.15, 0.2) is 48.5 Å². The van der Waals surface area contributed by atoms with Crippen molar-refractivity contribution in [3.8, 4) is 12.3 Å². The van der Waals surface area contributed by atoms with E-state index in [-0.39, 0.29) is 11.8 Å². The number of rotatable bonds is 5. The van der Waals surface area contributed by atoms with Crippen molar-refractivity contribution in [3.05, 3.63) is 59.7 Å². The smallest absolute Gasteiger partial charge is 0.255 e. The van der Waals surface area contributed by atoms with Crippen LogP contribution in [0, 0.1) is 12.3 Å². The van der Waals surface area contributed by atoms with E-state index in [4.69, 9.17) is 11.2 Å². The Balaban J connectivity index is 1.65. The summed E-state index contributed by atoms with van der Waals surface area (Å²) in [5, 5.41) is 5.70. The number of nitrogens with zero attached hydrogens (tertiary/aromatic N) is 1. The molecule has 0 unspecified atom stereocenters. The molecule has 0 aromatic heterocycles. The summed E-state index contributed by atoms with van der Waals surface area (Å²) in [6.07, 6.45) is 5.33. The lowest BCUT2D eigenvalue weighted by atomic mass is 10.1. The lowest BCUT2D eigenvalue weighted by Gasteiger charge is -2.26. The number of morpholine rings is 1. The molecule has 2 N–H and O–H groups in total. The maximum absolute atomic E-state index is 12.5. The highest BCUT2D eigenvalue weighted by Crippen LogP contribution is 2.22. The summed E-state index contributed by atoms with van der Waals surface area (Å²) < 4.78 is 5.29. The minimum absolute atomic E-state index is 0.128. The van der Waals surface area contributed by atoms with Crippen LogP contribution in [0.1, 0.15) is 15.9 Å². The molecular formula is C21H21N3O3. The van der Waals surface area contributed by atoms with E-state index in [9.17, 15) is 9.59 Å². The average molecular weight is 363 g/mol. The Labute approximate surface area is 158 Å². The zero-order valence-electron chi connectivity index (χ0n) is 14.9. The number of carbonyl (C=O) groups is 2. The Hall–Kier alpha value is -3.14. The zero-order valence-corrected chi connectivity index (χ0v) is 14.9. The minimum atomic E-state index is -0.270. The van der Waals surface area contributed by atoms with Crippen LogP contribution in [0.2, 0.25) is 0 Å². The zero-order chi connectivity index (χ0) is 19.1. The predicted octanol–water partition coefficient (Wildman–Crippen LogP) is 2.19. The largest absolute Gasteiger partial charge is 0.379 e. The van der Waals surface area contributed by atoms with Crippen molar-refractivity contribution in [2.45, 2.75) is 0 Å². The van der Waals surface area contributed by atoms with Gasteiger partial charge in [-0.25, -0.2) is 0 Å². The molecule has 3 rings (SSSR count). The highest BCUT2D eigenvalue weighted by Gasteiger charge is 2.16. The van der Waals surface area contributed by atoms with Gasteiger partial charge in [0.2, 0.25) is 5.91 Å². The summed E-state index contributed by atoms with van der Waals surface area (Å²) >= 11 is 0. The summed E-state index contributed by atoms with van der Waals surface area (Å²) in [6.45, 7) is 3.04. The predicted molar refractivity (Wildman–Crippen MR) is 105 cm³/mol. The summed E-state index contributed by atoms with van der Waals surface area (Å²) in [5.74, 6) is 2.12. The fourth-order valence-electron chi connectivity index (χ4n) is 2.77. The average Bonchev–Trinajstić information content (AvgIpc) is 2.70. The van der Waals surface area contributed by atoms with Gasteiger partial charge in [0, 0.05) is 24.2 Å². The molecule has 0 radical (unpaired) electrons. The van der Waals surface area contributed by atoms with Crippen molar-refractivity contribution in [1.29, 1.82) is 0 Å². The molecule has 1 fully saturated rings. The molecule has 0 spiro atoms. The number of hydrogen-bond acceptors (Lipinski definition) is 4. The van der Waals surface area contributed by atoms with Crippen LogP contribution in [0.3, 0.4) is 0 Å². The standard InChI is InChI=1S/C21H21N3O3/c1-2-16-7-9-17(10-8-16)21(26)23-19-6-4-3-5-18(19)22-20(25)15-24-11-13-27-14-12-24/h1,3-10H,11-15H2,(H,22,25)(H,23,26). The third kappa shape index (κ3) is 5.17. The molecule has 27 heavy (non-hydrogen) atoms. The van der Waals surface area contributed by atoms with Crippen molar-refractivity contribution in [3.63, 3.8) is 0 Å². The van der Waals surface area contributed by atoms with Gasteiger partial charge in [-0.3, -0.25) is 14.5 Å². The van der Waals surface area contributed by atoms with E-state index >= 15 is 0 Å². The first-order valence-electron chi connectivity index (χ1n) is 8.73. The van der Waals surface area contributed by atoms with E-state index in [0.717, 1.165) is 13.1 Å². The van der Waals surface area contributed by atoms with E-state index in [1.165, 1.54) is 0 Å². The molecular weight excluding hydrogens is 342 g/mol. The highest BCUT2D eigenvalue weighted by atomic mass is 16.5. The quantitative estimate of drug-likeness (QED) is 0.799. The van der Waals surface area contributed by atoms with E-state index in [0.29, 0.717) is 42.3 Å². The van der Waals surface area contributed by atoms with Crippen molar-refractivity contribution in [2.75, 3.05) is 43.5 Å². The van der Waals surface area contributed by atoms with Crippen LogP contribution < -0.4 is 10.6 Å². The normalized spacial score (nSPS) is 14.2. The minimum Gasteiger partial charge on any atom is -0.379 e. The van der Waals surface area contributed by atoms with Crippen molar-refractivity contribution in [1.82, 2.24) is 4.90 Å². The van der Waals surface area contributed by atoms with E-state index in [2.05, 4.69) is 16.6 Å². The molecule has 0 aliphatic carbocycles. The van der Waals surface area contributed by atoms with Gasteiger partial charge in [0.25, 0.3) is 5.91 Å². The maximum Gasteiger partial charge on any atom is 0.255 e. The number of terminal acetylenes is 1. The first kappa shape index (κ1) is 18.6. The third-order valence-corrected chi connectivity index (χ3v) is 4.23. The Morgan fingerprint density at radius 3 is 2.26 bits per heavy atom. The summed E-state index contributed by atoms with van der Waals surface area (Å²) in [5.41, 5.74) is 2.30. The Kier molecular flexibility index (Phi) is 6.21. The number of ether oxygens (including phenoxy) is 1. The molecule has 2 aromatic carbocycles. The summed E-state index contributed by atoms with van der Waals surface area (Å²) in [6, 6.07) is 13.9. The van der Waals surface area contributed by atoms with Crippen LogP contribution in [-0.2, 0) is 9.53 Å². The van der Waals surface area contributed by atoms with Gasteiger partial charge in [0.15, 0.2) is 0 Å². The van der Waals surface area contributed by atoms with Gasteiger partial charge in [-0.15, -0.1) is 6.42 Å². The monoisotopic (exact) mass is 363 g/mol. The number of para-hydroxylation sites is 2. The van der Waals surface area contributed by atoms with Gasteiger partial charge in [-0.2, -0.15) is 0 Å². The fourth-order valence-corrected chi connectivity index (χ4v) is 2.77. The number of hydrogen-bond donors (Lipinski definition) is 2. The van der Waals surface area contributed by atoms with Gasteiger partial charge >= 0.3 is 0 Å². The topological polar surface area (TPSA) is 70.7 Å². The Bertz CT molecular complexity index is 850. The molecule has 2 amide bonds. The number of anilines is 2. The molecule has 0 bridgehead atoms. The van der Waals surface area contributed by atoms with Gasteiger partial charge in [0.05, 0.1) is 31.1 Å². The summed E-state index contributed by atoms with van der Waals surface area (Å²) in [7, 11) is 0. The molecule has 0 saturated carbocycles. The Morgan fingerprint density at radius 1 is 1.00 bits per heavy atom. The lowest BCUT2D eigenvalue weighted by Crippen LogP contribution is -2.41. The molecule has 1 saturated heterocycles. The van der Waals surface area contributed by atoms with Crippen LogP contribution in [0.5, 0.6) is 0 Å². The molecule has 138 valence electrons. The molecule has 6 nitrogen and oxygen atoms in total. The van der Waals surface area contributed by atoms with Gasteiger partial charge < -0.3 is 15.4 Å². The molecule has 1 heterocycles. The van der Waals surface area contributed by atoms with Crippen molar-refractivity contribution < 1.29 is 14.3 Å². The van der Waals surface area contributed by atoms with E-state index in [1.54, 1.807) is 42.5 Å². The highest BCUT2D eigenvalue weighted by molar-refractivity contribution is 6.07. The van der Waals surface area contributed by atoms with Crippen LogP contribution in [0.25, 0.3) is 0 Å². The number of benzene rings is 2. The van der Waals surface area contributed by atoms with Crippen LogP contribution in [-0.4, -0.2) is 49.6 Å². The molecule has 2 aromatic rings. The summed E-state index contributed by atoms with van der Waals surface area (Å²) in [4.78, 5) is 26.8. The third-order valence-electron chi connectivity index (χ3n) is 4.23. The van der Waals surface area contributed by atoms with E-state index in [1.807, 2.05) is 11.0 Å². The molecule has 1 aliphatic heterocycles. The number of nitrogens with one attached hydrogen (secondary N) is 2. The molecule has 6 heteroatoms. The van der Waals surface area contributed by atoms with E-state index < -0.39 is 0 Å². The second-order valence-electron chi connectivity index (χ2n) is 6.16. The van der Waals surface area contributed by atoms with Gasteiger partial charge in [0.1, 0.15) is 0 Å². The number of carbonyl (C=O) groups excluding carboxylic acids is 2. The van der Waals surface area contributed by atoms with Crippen molar-refractivity contribution >= 4 is 23.2 Å². The van der Waals surface area contributed by atoms with Crippen LogP contribution >= 0.6 is 0 Å². The first-order chi connectivity index (χ1) is 13.2. The van der Waals surface area contributed by atoms with Gasteiger partial charge in [-0.1, -0.05) is 18.1 Å². The Morgan fingerprint density at radius 2 is 1.63 bits per heavy atom. The number of amides is 2. The maximum atomic E-state index is 12.5.